The highest BCUT2D eigenvalue weighted by Gasteiger charge is 2.54. The zero-order valence-electron chi connectivity index (χ0n) is 13.8. The SMILES string of the molecule is Cc1ccc(S(=O)(=O)[C@H]2C(=O)C(C)(C)O[C@@H]2CC(C)C)cc1. The van der Waals surface area contributed by atoms with Gasteiger partial charge in [0.1, 0.15) is 5.60 Å². The van der Waals surface area contributed by atoms with Crippen LogP contribution in [-0.4, -0.2) is 31.2 Å². The third-order valence-electron chi connectivity index (χ3n) is 4.02. The largest absolute Gasteiger partial charge is 0.363 e. The van der Waals surface area contributed by atoms with Gasteiger partial charge in [0.2, 0.25) is 0 Å². The standard InChI is InChI=1S/C17H24O4S/c1-11(2)10-14-15(16(18)17(4,5)21-14)22(19,20)13-8-6-12(3)7-9-13/h6-9,11,14-15H,10H2,1-5H3/t14-,15-/m1/s1. The van der Waals surface area contributed by atoms with Crippen molar-refractivity contribution in [2.45, 2.75) is 62.9 Å². The van der Waals surface area contributed by atoms with Crippen molar-refractivity contribution in [3.05, 3.63) is 29.8 Å². The second-order valence-electron chi connectivity index (χ2n) is 6.94. The van der Waals surface area contributed by atoms with Crippen molar-refractivity contribution < 1.29 is 17.9 Å². The summed E-state index contributed by atoms with van der Waals surface area (Å²) in [5, 5.41) is -1.12. The van der Waals surface area contributed by atoms with Crippen LogP contribution in [0.5, 0.6) is 0 Å². The van der Waals surface area contributed by atoms with Crippen LogP contribution in [0, 0.1) is 12.8 Å². The summed E-state index contributed by atoms with van der Waals surface area (Å²) in [4.78, 5) is 12.8. The Morgan fingerprint density at radius 3 is 2.23 bits per heavy atom. The summed E-state index contributed by atoms with van der Waals surface area (Å²) in [6.07, 6.45) is -0.0425. The van der Waals surface area contributed by atoms with Crippen LogP contribution in [0.2, 0.25) is 0 Å². The van der Waals surface area contributed by atoms with Gasteiger partial charge in [0, 0.05) is 0 Å². The number of benzene rings is 1. The van der Waals surface area contributed by atoms with E-state index in [2.05, 4.69) is 0 Å². The smallest absolute Gasteiger partial charge is 0.191 e. The molecule has 0 spiro atoms. The second kappa shape index (κ2) is 5.78. The van der Waals surface area contributed by atoms with Gasteiger partial charge < -0.3 is 4.74 Å². The summed E-state index contributed by atoms with van der Waals surface area (Å²) in [5.74, 6) is -0.0962. The van der Waals surface area contributed by atoms with Crippen molar-refractivity contribution in [1.29, 1.82) is 0 Å². The van der Waals surface area contributed by atoms with E-state index < -0.39 is 26.8 Å². The normalized spacial score (nSPS) is 24.9. The molecule has 0 radical (unpaired) electrons. The summed E-state index contributed by atoms with van der Waals surface area (Å²) in [5.41, 5.74) is -0.0749. The average Bonchev–Trinajstić information content (AvgIpc) is 2.59. The monoisotopic (exact) mass is 324 g/mol. The van der Waals surface area contributed by atoms with Crippen molar-refractivity contribution in [3.8, 4) is 0 Å². The molecule has 1 aliphatic rings. The van der Waals surface area contributed by atoms with E-state index in [-0.39, 0.29) is 16.6 Å². The molecule has 1 saturated heterocycles. The maximum absolute atomic E-state index is 12.9. The van der Waals surface area contributed by atoms with Crippen LogP contribution >= 0.6 is 0 Å². The first kappa shape index (κ1) is 17.2. The number of ether oxygens (including phenoxy) is 1. The van der Waals surface area contributed by atoms with E-state index in [0.29, 0.717) is 6.42 Å². The maximum atomic E-state index is 12.9. The summed E-state index contributed by atoms with van der Waals surface area (Å²) >= 11 is 0. The molecule has 0 bridgehead atoms. The Hall–Kier alpha value is -1.20. The first-order valence-corrected chi connectivity index (χ1v) is 9.13. The van der Waals surface area contributed by atoms with Crippen LogP contribution in [0.25, 0.3) is 0 Å². The summed E-state index contributed by atoms with van der Waals surface area (Å²) in [6, 6.07) is 6.62. The lowest BCUT2D eigenvalue weighted by atomic mass is 9.99. The van der Waals surface area contributed by atoms with Gasteiger partial charge in [-0.2, -0.15) is 0 Å². The van der Waals surface area contributed by atoms with Gasteiger partial charge in [0.15, 0.2) is 20.9 Å². The fourth-order valence-corrected chi connectivity index (χ4v) is 4.80. The minimum Gasteiger partial charge on any atom is -0.363 e. The van der Waals surface area contributed by atoms with Gasteiger partial charge in [0.25, 0.3) is 0 Å². The molecule has 0 aliphatic carbocycles. The van der Waals surface area contributed by atoms with Gasteiger partial charge in [-0.05, 0) is 45.2 Å². The summed E-state index contributed by atoms with van der Waals surface area (Å²) in [6.45, 7) is 9.18. The molecule has 0 N–H and O–H groups in total. The van der Waals surface area contributed by atoms with Crippen LogP contribution < -0.4 is 0 Å². The molecule has 4 nitrogen and oxygen atoms in total. The number of ketones is 1. The molecule has 0 amide bonds. The first-order valence-electron chi connectivity index (χ1n) is 7.58. The number of sulfone groups is 1. The topological polar surface area (TPSA) is 60.4 Å². The fraction of sp³-hybridized carbons (Fsp3) is 0.588. The number of hydrogen-bond donors (Lipinski definition) is 0. The van der Waals surface area contributed by atoms with Gasteiger partial charge >= 0.3 is 0 Å². The highest BCUT2D eigenvalue weighted by Crippen LogP contribution is 2.36. The van der Waals surface area contributed by atoms with E-state index in [1.165, 1.54) is 0 Å². The van der Waals surface area contributed by atoms with E-state index >= 15 is 0 Å². The minimum atomic E-state index is -3.75. The van der Waals surface area contributed by atoms with Crippen molar-refractivity contribution in [3.63, 3.8) is 0 Å². The Kier molecular flexibility index (Phi) is 4.51. The molecular formula is C17H24O4S. The van der Waals surface area contributed by atoms with Crippen molar-refractivity contribution >= 4 is 15.6 Å². The molecule has 0 unspecified atom stereocenters. The van der Waals surface area contributed by atoms with Crippen LogP contribution in [0.4, 0.5) is 0 Å². The molecule has 1 aromatic rings. The Bertz CT molecular complexity index is 656. The van der Waals surface area contributed by atoms with Crippen LogP contribution in [0.3, 0.4) is 0 Å². The molecule has 2 rings (SSSR count). The van der Waals surface area contributed by atoms with Gasteiger partial charge in [-0.1, -0.05) is 31.5 Å². The van der Waals surface area contributed by atoms with Crippen molar-refractivity contribution in [2.24, 2.45) is 5.92 Å². The van der Waals surface area contributed by atoms with Gasteiger partial charge in [-0.25, -0.2) is 8.42 Å². The second-order valence-corrected chi connectivity index (χ2v) is 9.01. The molecule has 1 aromatic carbocycles. The Morgan fingerprint density at radius 2 is 1.73 bits per heavy atom. The minimum absolute atomic E-state index is 0.187. The summed E-state index contributed by atoms with van der Waals surface area (Å²) in [7, 11) is -3.75. The van der Waals surface area contributed by atoms with Gasteiger partial charge in [-0.3, -0.25) is 4.79 Å². The third kappa shape index (κ3) is 3.10. The van der Waals surface area contributed by atoms with E-state index in [1.807, 2.05) is 20.8 Å². The number of Topliss-reactive ketones (excluding diaryl/α,β-unsaturated/α-hetero) is 1. The highest BCUT2D eigenvalue weighted by atomic mass is 32.2. The number of rotatable bonds is 4. The van der Waals surface area contributed by atoms with E-state index in [1.54, 1.807) is 38.1 Å². The number of aryl methyl sites for hydroxylation is 1. The zero-order valence-corrected chi connectivity index (χ0v) is 14.6. The molecule has 22 heavy (non-hydrogen) atoms. The predicted molar refractivity (Wildman–Crippen MR) is 85.6 cm³/mol. The lowest BCUT2D eigenvalue weighted by molar-refractivity contribution is -0.129. The Morgan fingerprint density at radius 1 is 1.18 bits per heavy atom. The predicted octanol–water partition coefficient (Wildman–Crippen LogP) is 2.93. The molecule has 1 aliphatic heterocycles. The van der Waals surface area contributed by atoms with Gasteiger partial charge in [-0.15, -0.1) is 0 Å². The quantitative estimate of drug-likeness (QED) is 0.854. The van der Waals surface area contributed by atoms with Crippen LogP contribution in [0.1, 0.15) is 39.7 Å². The molecule has 1 fully saturated rings. The highest BCUT2D eigenvalue weighted by molar-refractivity contribution is 7.93. The molecule has 122 valence electrons. The zero-order chi connectivity index (χ0) is 16.7. The van der Waals surface area contributed by atoms with E-state index in [9.17, 15) is 13.2 Å². The Balaban J connectivity index is 2.45. The van der Waals surface area contributed by atoms with Crippen LogP contribution in [0.15, 0.2) is 29.2 Å². The van der Waals surface area contributed by atoms with Crippen molar-refractivity contribution in [1.82, 2.24) is 0 Å². The van der Waals surface area contributed by atoms with E-state index in [0.717, 1.165) is 5.56 Å². The summed E-state index contributed by atoms with van der Waals surface area (Å²) < 4.78 is 31.7. The average molecular weight is 324 g/mol. The molecule has 5 heteroatoms. The first-order chi connectivity index (χ1) is 10.1. The lowest BCUT2D eigenvalue weighted by Gasteiger charge is -2.20. The van der Waals surface area contributed by atoms with E-state index in [4.69, 9.17) is 4.74 Å². The van der Waals surface area contributed by atoms with Crippen LogP contribution in [-0.2, 0) is 19.4 Å². The number of hydrogen-bond acceptors (Lipinski definition) is 4. The molecule has 0 aromatic heterocycles. The lowest BCUT2D eigenvalue weighted by Crippen LogP contribution is -2.39. The molecular weight excluding hydrogens is 300 g/mol. The Labute approximate surface area is 132 Å². The third-order valence-corrected chi connectivity index (χ3v) is 6.14. The van der Waals surface area contributed by atoms with Gasteiger partial charge in [0.05, 0.1) is 11.0 Å². The van der Waals surface area contributed by atoms with Crippen molar-refractivity contribution in [2.75, 3.05) is 0 Å². The molecule has 1 heterocycles. The fourth-order valence-electron chi connectivity index (χ4n) is 2.86. The maximum Gasteiger partial charge on any atom is 0.191 e. The number of carbonyl (C=O) groups excluding carboxylic acids is 1. The molecule has 0 saturated carbocycles. The molecule has 2 atom stereocenters. The number of carbonyl (C=O) groups is 1.